The predicted octanol–water partition coefficient (Wildman–Crippen LogP) is 4.56. The van der Waals surface area contributed by atoms with Gasteiger partial charge in [-0.1, -0.05) is 52.0 Å². The molecule has 0 fully saturated rings. The molecule has 0 amide bonds. The van der Waals surface area contributed by atoms with Gasteiger partial charge in [0.15, 0.2) is 11.5 Å². The Hall–Kier alpha value is -1.18. The summed E-state index contributed by atoms with van der Waals surface area (Å²) in [5, 5.41) is 18.7. The Morgan fingerprint density at radius 1 is 1.00 bits per heavy atom. The van der Waals surface area contributed by atoms with Gasteiger partial charge in [-0.2, -0.15) is 0 Å². The van der Waals surface area contributed by atoms with Crippen LogP contribution >= 0.6 is 0 Å². The molecule has 0 aliphatic carbocycles. The highest BCUT2D eigenvalue weighted by Gasteiger charge is 2.08. The Kier molecular flexibility index (Phi) is 5.88. The molecule has 1 unspecified atom stereocenters. The fraction of sp³-hybridized carbons (Fsp3) is 0.600. The summed E-state index contributed by atoms with van der Waals surface area (Å²) in [6.07, 6.45) is 7.61. The lowest BCUT2D eigenvalue weighted by molar-refractivity contribution is 0.402. The van der Waals surface area contributed by atoms with E-state index < -0.39 is 0 Å². The van der Waals surface area contributed by atoms with E-state index in [4.69, 9.17) is 0 Å². The molecule has 2 N–H and O–H groups in total. The second-order valence-electron chi connectivity index (χ2n) is 4.85. The first-order chi connectivity index (χ1) is 8.15. The number of unbranched alkanes of at least 4 members (excludes halogenated alkanes) is 4. The topological polar surface area (TPSA) is 40.5 Å². The average molecular weight is 236 g/mol. The average Bonchev–Trinajstić information content (AvgIpc) is 2.32. The van der Waals surface area contributed by atoms with Crippen molar-refractivity contribution in [3.05, 3.63) is 23.8 Å². The zero-order valence-electron chi connectivity index (χ0n) is 10.9. The monoisotopic (exact) mass is 236 g/mol. The second-order valence-corrected chi connectivity index (χ2v) is 4.85. The molecule has 0 bridgehead atoms. The molecule has 17 heavy (non-hydrogen) atoms. The van der Waals surface area contributed by atoms with Crippen LogP contribution in [0.25, 0.3) is 0 Å². The highest BCUT2D eigenvalue weighted by Crippen LogP contribution is 2.30. The van der Waals surface area contributed by atoms with Gasteiger partial charge in [-0.3, -0.25) is 0 Å². The first kappa shape index (κ1) is 13.9. The van der Waals surface area contributed by atoms with Crippen LogP contribution in [0.4, 0.5) is 0 Å². The summed E-state index contributed by atoms with van der Waals surface area (Å²) in [4.78, 5) is 0. The normalized spacial score (nSPS) is 12.6. The molecule has 0 saturated heterocycles. The maximum atomic E-state index is 9.44. The highest BCUT2D eigenvalue weighted by atomic mass is 16.3. The van der Waals surface area contributed by atoms with Crippen molar-refractivity contribution in [2.24, 2.45) is 0 Å². The molecular formula is C15H24O2. The molecule has 2 heteroatoms. The molecule has 1 aromatic carbocycles. The molecule has 96 valence electrons. The van der Waals surface area contributed by atoms with Crippen LogP contribution in [0.1, 0.15) is 63.9 Å². The van der Waals surface area contributed by atoms with E-state index in [9.17, 15) is 10.2 Å². The summed E-state index contributed by atoms with van der Waals surface area (Å²) in [5.41, 5.74) is 1.11. The van der Waals surface area contributed by atoms with Gasteiger partial charge in [0.05, 0.1) is 0 Å². The lowest BCUT2D eigenvalue weighted by Gasteiger charge is -2.12. The molecular weight excluding hydrogens is 212 g/mol. The van der Waals surface area contributed by atoms with Crippen LogP contribution in [-0.2, 0) is 0 Å². The third-order valence-corrected chi connectivity index (χ3v) is 3.31. The highest BCUT2D eigenvalue weighted by molar-refractivity contribution is 5.41. The number of rotatable bonds is 7. The van der Waals surface area contributed by atoms with Crippen LogP contribution < -0.4 is 0 Å². The van der Waals surface area contributed by atoms with Crippen molar-refractivity contribution in [3.63, 3.8) is 0 Å². The Morgan fingerprint density at radius 3 is 2.35 bits per heavy atom. The molecule has 0 radical (unpaired) electrons. The van der Waals surface area contributed by atoms with Gasteiger partial charge >= 0.3 is 0 Å². The van der Waals surface area contributed by atoms with Gasteiger partial charge in [-0.25, -0.2) is 0 Å². The summed E-state index contributed by atoms with van der Waals surface area (Å²) in [5.74, 6) is 0.396. The van der Waals surface area contributed by atoms with Crippen molar-refractivity contribution in [1.29, 1.82) is 0 Å². The molecule has 1 aromatic rings. The molecule has 0 aromatic heterocycles. The maximum absolute atomic E-state index is 9.44. The van der Waals surface area contributed by atoms with Crippen LogP contribution in [0, 0.1) is 0 Å². The van der Waals surface area contributed by atoms with E-state index in [0.717, 1.165) is 12.0 Å². The van der Waals surface area contributed by atoms with Crippen molar-refractivity contribution >= 4 is 0 Å². The summed E-state index contributed by atoms with van der Waals surface area (Å²) in [7, 11) is 0. The number of phenolic OH excluding ortho intramolecular Hbond substituents is 2. The van der Waals surface area contributed by atoms with Crippen molar-refractivity contribution < 1.29 is 10.2 Å². The zero-order chi connectivity index (χ0) is 12.7. The first-order valence-electron chi connectivity index (χ1n) is 6.67. The van der Waals surface area contributed by atoms with Gasteiger partial charge < -0.3 is 10.2 Å². The third kappa shape index (κ3) is 4.68. The second kappa shape index (κ2) is 7.21. The molecule has 0 saturated carbocycles. The summed E-state index contributed by atoms with van der Waals surface area (Å²) in [6, 6.07) is 5.13. The lowest BCUT2D eigenvalue weighted by Crippen LogP contribution is -1.93. The van der Waals surface area contributed by atoms with Gasteiger partial charge in [0, 0.05) is 0 Å². The van der Waals surface area contributed by atoms with E-state index in [0.29, 0.717) is 5.92 Å². The van der Waals surface area contributed by atoms with Gasteiger partial charge in [-0.15, -0.1) is 0 Å². The minimum atomic E-state index is -0.0381. The Balaban J connectivity index is 2.36. The van der Waals surface area contributed by atoms with Crippen LogP contribution in [0.15, 0.2) is 18.2 Å². The summed E-state index contributed by atoms with van der Waals surface area (Å²) in [6.45, 7) is 4.40. The largest absolute Gasteiger partial charge is 0.504 e. The van der Waals surface area contributed by atoms with Crippen molar-refractivity contribution in [3.8, 4) is 11.5 Å². The standard InChI is InChI=1S/C15H24O2/c1-3-4-5-6-7-8-12(2)13-9-10-14(16)15(17)11-13/h9-12,16-17H,3-8H2,1-2H3. The van der Waals surface area contributed by atoms with E-state index in [1.807, 2.05) is 6.07 Å². The Labute approximate surface area is 104 Å². The van der Waals surface area contributed by atoms with Gasteiger partial charge in [0.1, 0.15) is 0 Å². The number of hydrogen-bond acceptors (Lipinski definition) is 2. The molecule has 0 heterocycles. The number of benzene rings is 1. The fourth-order valence-corrected chi connectivity index (χ4v) is 2.07. The molecule has 1 rings (SSSR count). The maximum Gasteiger partial charge on any atom is 0.157 e. The molecule has 1 atom stereocenters. The smallest absolute Gasteiger partial charge is 0.157 e. The van der Waals surface area contributed by atoms with Crippen LogP contribution in [-0.4, -0.2) is 10.2 Å². The molecule has 0 aliphatic rings. The van der Waals surface area contributed by atoms with E-state index in [2.05, 4.69) is 13.8 Å². The summed E-state index contributed by atoms with van der Waals surface area (Å²) >= 11 is 0. The van der Waals surface area contributed by atoms with Gasteiger partial charge in [-0.05, 0) is 30.0 Å². The summed E-state index contributed by atoms with van der Waals surface area (Å²) < 4.78 is 0. The van der Waals surface area contributed by atoms with E-state index in [1.165, 1.54) is 32.1 Å². The van der Waals surface area contributed by atoms with E-state index in [-0.39, 0.29) is 11.5 Å². The van der Waals surface area contributed by atoms with Crippen molar-refractivity contribution in [2.45, 2.75) is 58.3 Å². The molecule has 2 nitrogen and oxygen atoms in total. The predicted molar refractivity (Wildman–Crippen MR) is 71.6 cm³/mol. The van der Waals surface area contributed by atoms with Crippen molar-refractivity contribution in [2.75, 3.05) is 0 Å². The van der Waals surface area contributed by atoms with E-state index >= 15 is 0 Å². The minimum Gasteiger partial charge on any atom is -0.504 e. The van der Waals surface area contributed by atoms with Crippen LogP contribution in [0.5, 0.6) is 11.5 Å². The quantitative estimate of drug-likeness (QED) is 0.538. The number of aromatic hydroxyl groups is 2. The van der Waals surface area contributed by atoms with Gasteiger partial charge in [0.2, 0.25) is 0 Å². The lowest BCUT2D eigenvalue weighted by atomic mass is 9.94. The Morgan fingerprint density at radius 2 is 1.71 bits per heavy atom. The van der Waals surface area contributed by atoms with Crippen LogP contribution in [0.2, 0.25) is 0 Å². The van der Waals surface area contributed by atoms with Gasteiger partial charge in [0.25, 0.3) is 0 Å². The third-order valence-electron chi connectivity index (χ3n) is 3.31. The SMILES string of the molecule is CCCCCCCC(C)c1ccc(O)c(O)c1. The first-order valence-corrected chi connectivity index (χ1v) is 6.67. The van der Waals surface area contributed by atoms with Crippen LogP contribution in [0.3, 0.4) is 0 Å². The minimum absolute atomic E-state index is 0.0136. The fourth-order valence-electron chi connectivity index (χ4n) is 2.07. The number of phenols is 2. The number of hydrogen-bond donors (Lipinski definition) is 2. The molecule has 0 aliphatic heterocycles. The molecule has 0 spiro atoms. The Bertz CT molecular complexity index is 334. The van der Waals surface area contributed by atoms with E-state index in [1.54, 1.807) is 12.1 Å². The zero-order valence-corrected chi connectivity index (χ0v) is 10.9. The van der Waals surface area contributed by atoms with Crippen molar-refractivity contribution in [1.82, 2.24) is 0 Å².